The van der Waals surface area contributed by atoms with E-state index in [9.17, 15) is 4.79 Å². The van der Waals surface area contributed by atoms with Crippen LogP contribution < -0.4 is 16.0 Å². The number of aryl methyl sites for hydroxylation is 1. The van der Waals surface area contributed by atoms with Crippen molar-refractivity contribution in [2.24, 2.45) is 4.99 Å². The highest BCUT2D eigenvalue weighted by Crippen LogP contribution is 2.04. The van der Waals surface area contributed by atoms with Crippen LogP contribution in [0.5, 0.6) is 0 Å². The smallest absolute Gasteiger partial charge is 0.239 e. The highest BCUT2D eigenvalue weighted by molar-refractivity contribution is 14.0. The van der Waals surface area contributed by atoms with Crippen molar-refractivity contribution < 1.29 is 4.79 Å². The molecule has 6 heteroatoms. The Balaban J connectivity index is 0.00000364. The van der Waals surface area contributed by atoms with Crippen molar-refractivity contribution in [3.05, 3.63) is 71.3 Å². The van der Waals surface area contributed by atoms with Crippen LogP contribution in [-0.2, 0) is 17.8 Å². The predicted octanol–water partition coefficient (Wildman–Crippen LogP) is 3.03. The molecule has 1 amide bonds. The monoisotopic (exact) mass is 480 g/mol. The van der Waals surface area contributed by atoms with Gasteiger partial charge in [-0.1, -0.05) is 60.2 Å². The van der Waals surface area contributed by atoms with Crippen LogP contribution in [0.1, 0.15) is 23.6 Å². The van der Waals surface area contributed by atoms with Crippen LogP contribution in [0.3, 0.4) is 0 Å². The summed E-state index contributed by atoms with van der Waals surface area (Å²) in [5, 5.41) is 9.16. The van der Waals surface area contributed by atoms with Crippen LogP contribution in [0.25, 0.3) is 0 Å². The molecule has 5 nitrogen and oxygen atoms in total. The minimum absolute atomic E-state index is 0. The Morgan fingerprint density at radius 2 is 1.63 bits per heavy atom. The number of amides is 1. The van der Waals surface area contributed by atoms with Gasteiger partial charge in [0.2, 0.25) is 5.91 Å². The van der Waals surface area contributed by atoms with Gasteiger partial charge in [0.05, 0.1) is 13.1 Å². The van der Waals surface area contributed by atoms with Crippen LogP contribution in [0.15, 0.2) is 59.6 Å². The molecule has 0 aromatic heterocycles. The first kappa shape index (κ1) is 23.0. The molecule has 2 aromatic rings. The number of rotatable bonds is 8. The molecule has 0 saturated heterocycles. The van der Waals surface area contributed by atoms with Crippen molar-refractivity contribution in [1.29, 1.82) is 0 Å². The molecule has 0 saturated carbocycles. The van der Waals surface area contributed by atoms with E-state index >= 15 is 0 Å². The quantitative estimate of drug-likeness (QED) is 0.309. The number of nitrogens with zero attached hydrogens (tertiary/aromatic N) is 1. The summed E-state index contributed by atoms with van der Waals surface area (Å²) in [5.41, 5.74) is 3.59. The fourth-order valence-corrected chi connectivity index (χ4v) is 2.42. The van der Waals surface area contributed by atoms with Gasteiger partial charge in [0, 0.05) is 13.1 Å². The van der Waals surface area contributed by atoms with Gasteiger partial charge in [0.1, 0.15) is 0 Å². The second kappa shape index (κ2) is 13.1. The molecule has 0 aliphatic carbocycles. The number of nitrogens with one attached hydrogen (secondary N) is 3. The Morgan fingerprint density at radius 1 is 0.926 bits per heavy atom. The van der Waals surface area contributed by atoms with Gasteiger partial charge in [0.15, 0.2) is 5.96 Å². The largest absolute Gasteiger partial charge is 0.357 e. The van der Waals surface area contributed by atoms with Crippen molar-refractivity contribution in [3.8, 4) is 0 Å². The van der Waals surface area contributed by atoms with Crippen molar-refractivity contribution >= 4 is 35.8 Å². The average Bonchev–Trinajstić information content (AvgIpc) is 2.66. The number of aliphatic imine (C=N–C) groups is 1. The zero-order chi connectivity index (χ0) is 18.6. The first-order chi connectivity index (χ1) is 12.7. The summed E-state index contributed by atoms with van der Waals surface area (Å²) in [6.07, 6.45) is 0.828. The standard InChI is InChI=1S/C21H28N4O.HI/c1-3-22-21(24-15-19-11-9-17(2)10-12-19)25-16-20(26)23-14-13-18-7-5-4-6-8-18;/h4-12H,3,13-16H2,1-2H3,(H,23,26)(H2,22,24,25);1H. The van der Waals surface area contributed by atoms with E-state index in [0.29, 0.717) is 19.0 Å². The van der Waals surface area contributed by atoms with Gasteiger partial charge >= 0.3 is 0 Å². The van der Waals surface area contributed by atoms with E-state index in [2.05, 4.69) is 64.3 Å². The van der Waals surface area contributed by atoms with Crippen LogP contribution >= 0.6 is 24.0 Å². The molecule has 0 bridgehead atoms. The van der Waals surface area contributed by atoms with Crippen LogP contribution in [0.2, 0.25) is 0 Å². The lowest BCUT2D eigenvalue weighted by Crippen LogP contribution is -2.43. The van der Waals surface area contributed by atoms with Gasteiger partial charge < -0.3 is 16.0 Å². The molecular formula is C21H29IN4O. The molecule has 2 aromatic carbocycles. The van der Waals surface area contributed by atoms with Crippen LogP contribution in [0, 0.1) is 6.92 Å². The molecule has 0 fully saturated rings. The van der Waals surface area contributed by atoms with Gasteiger partial charge in [-0.15, -0.1) is 24.0 Å². The van der Waals surface area contributed by atoms with Gasteiger partial charge in [-0.3, -0.25) is 4.79 Å². The SMILES string of the molecule is CCNC(=NCc1ccc(C)cc1)NCC(=O)NCCc1ccccc1.I. The lowest BCUT2D eigenvalue weighted by atomic mass is 10.1. The maximum absolute atomic E-state index is 12.0. The lowest BCUT2D eigenvalue weighted by molar-refractivity contribution is -0.119. The van der Waals surface area contributed by atoms with Gasteiger partial charge in [0.25, 0.3) is 0 Å². The Kier molecular flexibility index (Phi) is 11.2. The fourth-order valence-electron chi connectivity index (χ4n) is 2.42. The summed E-state index contributed by atoms with van der Waals surface area (Å²) in [5.74, 6) is 0.605. The molecule has 0 aliphatic heterocycles. The molecule has 3 N–H and O–H groups in total. The van der Waals surface area contributed by atoms with Gasteiger partial charge in [-0.05, 0) is 31.4 Å². The Morgan fingerprint density at radius 3 is 2.30 bits per heavy atom. The average molecular weight is 480 g/mol. The van der Waals surface area contributed by atoms with E-state index in [4.69, 9.17) is 0 Å². The fraction of sp³-hybridized carbons (Fsp3) is 0.333. The Bertz CT molecular complexity index is 702. The first-order valence-corrected chi connectivity index (χ1v) is 9.05. The Hall–Kier alpha value is -2.09. The van der Waals surface area contributed by atoms with Gasteiger partial charge in [-0.25, -0.2) is 4.99 Å². The van der Waals surface area contributed by atoms with E-state index in [0.717, 1.165) is 18.5 Å². The summed E-state index contributed by atoms with van der Waals surface area (Å²) in [4.78, 5) is 16.5. The first-order valence-electron chi connectivity index (χ1n) is 9.05. The number of carbonyl (C=O) groups excluding carboxylic acids is 1. The predicted molar refractivity (Wildman–Crippen MR) is 123 cm³/mol. The van der Waals surface area contributed by atoms with Crippen LogP contribution in [0.4, 0.5) is 0 Å². The number of halogens is 1. The van der Waals surface area contributed by atoms with E-state index in [1.807, 2.05) is 25.1 Å². The number of hydrogen-bond donors (Lipinski definition) is 3. The number of guanidine groups is 1. The molecular weight excluding hydrogens is 451 g/mol. The summed E-state index contributed by atoms with van der Waals surface area (Å²) in [7, 11) is 0. The van der Waals surface area contributed by atoms with E-state index < -0.39 is 0 Å². The third-order valence-electron chi connectivity index (χ3n) is 3.88. The van der Waals surface area contributed by atoms with Crippen molar-refractivity contribution in [3.63, 3.8) is 0 Å². The maximum Gasteiger partial charge on any atom is 0.239 e. The number of carbonyl (C=O) groups is 1. The van der Waals surface area contributed by atoms with E-state index in [-0.39, 0.29) is 36.4 Å². The molecule has 0 unspecified atom stereocenters. The normalized spacial score (nSPS) is 10.7. The molecule has 0 radical (unpaired) electrons. The highest BCUT2D eigenvalue weighted by Gasteiger charge is 2.03. The van der Waals surface area contributed by atoms with Crippen molar-refractivity contribution in [2.45, 2.75) is 26.8 Å². The lowest BCUT2D eigenvalue weighted by Gasteiger charge is -2.11. The van der Waals surface area contributed by atoms with Crippen molar-refractivity contribution in [1.82, 2.24) is 16.0 Å². The molecule has 27 heavy (non-hydrogen) atoms. The second-order valence-corrected chi connectivity index (χ2v) is 6.12. The third-order valence-corrected chi connectivity index (χ3v) is 3.88. The number of hydrogen-bond acceptors (Lipinski definition) is 2. The molecule has 0 atom stereocenters. The van der Waals surface area contributed by atoms with E-state index in [1.165, 1.54) is 11.1 Å². The molecule has 0 heterocycles. The summed E-state index contributed by atoms with van der Waals surface area (Å²) < 4.78 is 0. The minimum Gasteiger partial charge on any atom is -0.357 e. The summed E-state index contributed by atoms with van der Waals surface area (Å²) in [6.45, 7) is 6.22. The van der Waals surface area contributed by atoms with Gasteiger partial charge in [-0.2, -0.15) is 0 Å². The third kappa shape index (κ3) is 9.42. The zero-order valence-electron chi connectivity index (χ0n) is 16.0. The van der Waals surface area contributed by atoms with Crippen LogP contribution in [-0.4, -0.2) is 31.5 Å². The number of benzene rings is 2. The van der Waals surface area contributed by atoms with E-state index in [1.54, 1.807) is 0 Å². The maximum atomic E-state index is 12.0. The molecule has 146 valence electrons. The zero-order valence-corrected chi connectivity index (χ0v) is 18.3. The van der Waals surface area contributed by atoms with Crippen molar-refractivity contribution in [2.75, 3.05) is 19.6 Å². The molecule has 0 aliphatic rings. The summed E-state index contributed by atoms with van der Waals surface area (Å²) in [6, 6.07) is 18.4. The topological polar surface area (TPSA) is 65.5 Å². The molecule has 0 spiro atoms. The molecule has 2 rings (SSSR count). The highest BCUT2D eigenvalue weighted by atomic mass is 127. The Labute approximate surface area is 179 Å². The summed E-state index contributed by atoms with van der Waals surface area (Å²) >= 11 is 0. The minimum atomic E-state index is -0.0399. The second-order valence-electron chi connectivity index (χ2n) is 6.12.